The number of aryl methyl sites for hydroxylation is 1. The second-order valence-corrected chi connectivity index (χ2v) is 7.16. The van der Waals surface area contributed by atoms with Crippen molar-refractivity contribution in [1.29, 1.82) is 0 Å². The fraction of sp³-hybridized carbons (Fsp3) is 0.190. The number of ether oxygens (including phenoxy) is 1. The third-order valence-electron chi connectivity index (χ3n) is 3.99. The van der Waals surface area contributed by atoms with Crippen molar-refractivity contribution >= 4 is 23.2 Å². The summed E-state index contributed by atoms with van der Waals surface area (Å²) >= 11 is 0.966. The highest BCUT2D eigenvalue weighted by Gasteiger charge is 2.11. The highest BCUT2D eigenvalue weighted by molar-refractivity contribution is 7.13. The van der Waals surface area contributed by atoms with E-state index in [1.54, 1.807) is 6.92 Å². The summed E-state index contributed by atoms with van der Waals surface area (Å²) in [6.45, 7) is 2.26. The number of benzene rings is 2. The number of aromatic carboxylic acids is 1. The predicted octanol–water partition coefficient (Wildman–Crippen LogP) is 2.22. The molecule has 28 heavy (non-hydrogen) atoms. The first-order valence-electron chi connectivity index (χ1n) is 8.75. The molecule has 6 nitrogen and oxygen atoms in total. The van der Waals surface area contributed by atoms with Crippen molar-refractivity contribution in [2.45, 2.75) is 13.3 Å². The van der Waals surface area contributed by atoms with Crippen molar-refractivity contribution in [2.75, 3.05) is 13.2 Å². The Morgan fingerprint density at radius 2 is 1.75 bits per heavy atom. The molecule has 0 saturated heterocycles. The normalized spacial score (nSPS) is 10.5. The number of carboxylic acid groups (broad SMARTS) is 1. The Hall–Kier alpha value is -3.19. The Morgan fingerprint density at radius 1 is 1.07 bits per heavy atom. The summed E-state index contributed by atoms with van der Waals surface area (Å²) in [5.41, 5.74) is 2.62. The van der Waals surface area contributed by atoms with E-state index >= 15 is 0 Å². The maximum atomic E-state index is 12.0. The van der Waals surface area contributed by atoms with Gasteiger partial charge in [-0.1, -0.05) is 42.5 Å². The molecule has 0 spiro atoms. The zero-order chi connectivity index (χ0) is 19.9. The van der Waals surface area contributed by atoms with Gasteiger partial charge in [-0.15, -0.1) is 11.3 Å². The monoisotopic (exact) mass is 395 g/mol. The van der Waals surface area contributed by atoms with Crippen LogP contribution in [0.1, 0.15) is 20.4 Å². The number of carbonyl (C=O) groups excluding carboxylic acids is 2. The van der Waals surface area contributed by atoms with E-state index in [2.05, 4.69) is 10.3 Å². The maximum Gasteiger partial charge on any atom is 0.226 e. The fourth-order valence-corrected chi connectivity index (χ4v) is 3.55. The van der Waals surface area contributed by atoms with Gasteiger partial charge < -0.3 is 20.0 Å². The highest BCUT2D eigenvalue weighted by Crippen LogP contribution is 2.22. The van der Waals surface area contributed by atoms with Crippen molar-refractivity contribution in [3.8, 4) is 16.9 Å². The summed E-state index contributed by atoms with van der Waals surface area (Å²) in [6, 6.07) is 17.8. The maximum absolute atomic E-state index is 12.0. The fourth-order valence-electron chi connectivity index (χ4n) is 2.65. The van der Waals surface area contributed by atoms with Gasteiger partial charge in [0.25, 0.3) is 0 Å². The number of amides is 1. The number of rotatable bonds is 8. The van der Waals surface area contributed by atoms with Crippen molar-refractivity contribution in [3.05, 3.63) is 70.2 Å². The molecule has 0 aliphatic rings. The number of hydrogen-bond acceptors (Lipinski definition) is 6. The lowest BCUT2D eigenvalue weighted by molar-refractivity contribution is -0.254. The SMILES string of the molecule is Cc1nc(CC(=O)NCCOc2ccc(-c3ccccc3)cc2)sc1C(=O)[O-]. The first-order valence-corrected chi connectivity index (χ1v) is 9.57. The van der Waals surface area contributed by atoms with Crippen LogP contribution in [0.3, 0.4) is 0 Å². The largest absolute Gasteiger partial charge is 0.544 e. The molecule has 3 rings (SSSR count). The second-order valence-electron chi connectivity index (χ2n) is 6.08. The number of carbonyl (C=O) groups is 2. The highest BCUT2D eigenvalue weighted by atomic mass is 32.1. The molecule has 1 aromatic heterocycles. The van der Waals surface area contributed by atoms with Crippen LogP contribution in [-0.2, 0) is 11.2 Å². The summed E-state index contributed by atoms with van der Waals surface area (Å²) in [7, 11) is 0. The van der Waals surface area contributed by atoms with Crippen LogP contribution in [-0.4, -0.2) is 30.0 Å². The van der Waals surface area contributed by atoms with E-state index in [1.165, 1.54) is 0 Å². The third-order valence-corrected chi connectivity index (χ3v) is 5.13. The van der Waals surface area contributed by atoms with Gasteiger partial charge in [0.15, 0.2) is 0 Å². The van der Waals surface area contributed by atoms with Crippen LogP contribution >= 0.6 is 11.3 Å². The van der Waals surface area contributed by atoms with E-state index < -0.39 is 5.97 Å². The molecule has 3 aromatic rings. The molecule has 0 aliphatic heterocycles. The van der Waals surface area contributed by atoms with Gasteiger partial charge in [0.2, 0.25) is 5.91 Å². The molecule has 1 amide bonds. The molecule has 0 bridgehead atoms. The van der Waals surface area contributed by atoms with E-state index in [4.69, 9.17) is 4.74 Å². The molecule has 144 valence electrons. The lowest BCUT2D eigenvalue weighted by atomic mass is 10.1. The van der Waals surface area contributed by atoms with Gasteiger partial charge in [-0.2, -0.15) is 0 Å². The molecule has 0 fully saturated rings. The molecule has 0 radical (unpaired) electrons. The lowest BCUT2D eigenvalue weighted by Crippen LogP contribution is -2.29. The van der Waals surface area contributed by atoms with Crippen molar-refractivity contribution in [3.63, 3.8) is 0 Å². The standard InChI is InChI=1S/C21H20N2O4S/c1-14-20(21(25)26)28-19(23-14)13-18(24)22-11-12-27-17-9-7-16(8-10-17)15-5-3-2-4-6-15/h2-10H,11-13H2,1H3,(H,22,24)(H,25,26)/p-1. The van der Waals surface area contributed by atoms with Gasteiger partial charge in [0, 0.05) is 0 Å². The predicted molar refractivity (Wildman–Crippen MR) is 105 cm³/mol. The molecule has 2 aromatic carbocycles. The molecule has 0 saturated carbocycles. The lowest BCUT2D eigenvalue weighted by Gasteiger charge is -2.08. The van der Waals surface area contributed by atoms with Crippen molar-refractivity contribution < 1.29 is 19.4 Å². The molecule has 0 aliphatic carbocycles. The van der Waals surface area contributed by atoms with Crippen LogP contribution in [0.25, 0.3) is 11.1 Å². The van der Waals surface area contributed by atoms with Crippen LogP contribution in [0.15, 0.2) is 54.6 Å². The minimum Gasteiger partial charge on any atom is -0.544 e. The number of carboxylic acids is 1. The summed E-state index contributed by atoms with van der Waals surface area (Å²) < 4.78 is 5.64. The van der Waals surface area contributed by atoms with Crippen LogP contribution in [0, 0.1) is 6.92 Å². The van der Waals surface area contributed by atoms with Gasteiger partial charge >= 0.3 is 0 Å². The zero-order valence-electron chi connectivity index (χ0n) is 15.3. The van der Waals surface area contributed by atoms with E-state index in [0.717, 1.165) is 28.2 Å². The topological polar surface area (TPSA) is 91.3 Å². The Bertz CT molecular complexity index is 952. The zero-order valence-corrected chi connectivity index (χ0v) is 16.1. The summed E-state index contributed by atoms with van der Waals surface area (Å²) in [6.07, 6.45) is 0.0323. The van der Waals surface area contributed by atoms with Crippen LogP contribution in [0.4, 0.5) is 0 Å². The molecular weight excluding hydrogens is 376 g/mol. The van der Waals surface area contributed by atoms with Crippen molar-refractivity contribution in [1.82, 2.24) is 10.3 Å². The average Bonchev–Trinajstić information content (AvgIpc) is 3.07. The second kappa shape index (κ2) is 9.14. The Labute approximate surface area is 166 Å². The van der Waals surface area contributed by atoms with Crippen molar-refractivity contribution in [2.24, 2.45) is 0 Å². The third kappa shape index (κ3) is 5.17. The van der Waals surface area contributed by atoms with Crippen LogP contribution in [0.5, 0.6) is 5.75 Å². The van der Waals surface area contributed by atoms with E-state index in [-0.39, 0.29) is 17.2 Å². The number of thiazole rings is 1. The number of nitrogens with zero attached hydrogens (tertiary/aromatic N) is 1. The minimum absolute atomic E-state index is 0.0323. The molecule has 7 heteroatoms. The first kappa shape index (κ1) is 19.6. The Morgan fingerprint density at radius 3 is 2.39 bits per heavy atom. The van der Waals surface area contributed by atoms with Crippen LogP contribution < -0.4 is 15.2 Å². The van der Waals surface area contributed by atoms with E-state index in [9.17, 15) is 14.7 Å². The van der Waals surface area contributed by atoms with Gasteiger partial charge in [-0.25, -0.2) is 4.98 Å². The quantitative estimate of drug-likeness (QED) is 0.591. The smallest absolute Gasteiger partial charge is 0.226 e. The first-order chi connectivity index (χ1) is 13.5. The molecule has 0 unspecified atom stereocenters. The minimum atomic E-state index is -1.27. The van der Waals surface area contributed by atoms with E-state index in [1.807, 2.05) is 54.6 Å². The number of nitrogens with one attached hydrogen (secondary N) is 1. The number of aromatic nitrogens is 1. The summed E-state index contributed by atoms with van der Waals surface area (Å²) in [5, 5.41) is 14.1. The summed E-state index contributed by atoms with van der Waals surface area (Å²) in [5.74, 6) is -0.780. The average molecular weight is 395 g/mol. The van der Waals surface area contributed by atoms with E-state index in [0.29, 0.717) is 23.9 Å². The van der Waals surface area contributed by atoms with Gasteiger partial charge in [-0.3, -0.25) is 4.79 Å². The molecule has 1 N–H and O–H groups in total. The number of hydrogen-bond donors (Lipinski definition) is 1. The molecular formula is C21H19N2O4S-. The summed E-state index contributed by atoms with van der Waals surface area (Å²) in [4.78, 5) is 27.0. The molecule has 1 heterocycles. The van der Waals surface area contributed by atoms with Crippen LogP contribution in [0.2, 0.25) is 0 Å². The van der Waals surface area contributed by atoms with Gasteiger partial charge in [0.05, 0.1) is 29.5 Å². The molecule has 0 atom stereocenters. The Kier molecular flexibility index (Phi) is 6.39. The Balaban J connectivity index is 1.42. The van der Waals surface area contributed by atoms with Gasteiger partial charge in [0.1, 0.15) is 17.4 Å². The van der Waals surface area contributed by atoms with Gasteiger partial charge in [-0.05, 0) is 30.2 Å².